The van der Waals surface area contributed by atoms with Gasteiger partial charge in [0.2, 0.25) is 5.88 Å². The molecule has 0 bridgehead atoms. The van der Waals surface area contributed by atoms with E-state index in [9.17, 15) is 0 Å². The maximum Gasteiger partial charge on any atom is 0.216 e. The van der Waals surface area contributed by atoms with Crippen molar-refractivity contribution in [3.63, 3.8) is 0 Å². The molecule has 108 valence electrons. The molecule has 1 fully saturated rings. The first-order chi connectivity index (χ1) is 9.69. The molecule has 3 rings (SSSR count). The molecule has 0 N–H and O–H groups in total. The van der Waals surface area contributed by atoms with Gasteiger partial charge in [-0.1, -0.05) is 6.07 Å². The van der Waals surface area contributed by atoms with Gasteiger partial charge >= 0.3 is 0 Å². The summed E-state index contributed by atoms with van der Waals surface area (Å²) in [6.07, 6.45) is 2.27. The fourth-order valence-electron chi connectivity index (χ4n) is 2.90. The van der Waals surface area contributed by atoms with Crippen LogP contribution >= 0.6 is 0 Å². The lowest BCUT2D eigenvalue weighted by Gasteiger charge is -2.33. The number of fused-ring (bicyclic) bond motifs is 1. The first-order valence-corrected chi connectivity index (χ1v) is 7.32. The summed E-state index contributed by atoms with van der Waals surface area (Å²) >= 11 is 0. The summed E-state index contributed by atoms with van der Waals surface area (Å²) in [6.45, 7) is 6.78. The molecule has 0 saturated carbocycles. The number of hydrogen-bond acceptors (Lipinski definition) is 4. The molecule has 2 aromatic rings. The third-order valence-electron chi connectivity index (χ3n) is 4.18. The molecule has 0 radical (unpaired) electrons. The van der Waals surface area contributed by atoms with E-state index in [4.69, 9.17) is 4.74 Å². The number of hydrogen-bond donors (Lipinski definition) is 0. The number of pyridine rings is 1. The Bertz CT molecular complexity index is 585. The molecular formula is C15H22N4O. The number of aromatic nitrogens is 3. The van der Waals surface area contributed by atoms with Gasteiger partial charge in [-0.3, -0.25) is 0 Å². The highest BCUT2D eigenvalue weighted by Gasteiger charge is 2.25. The van der Waals surface area contributed by atoms with E-state index in [0.717, 1.165) is 43.3 Å². The molecule has 3 heterocycles. The van der Waals surface area contributed by atoms with Crippen molar-refractivity contribution < 1.29 is 4.74 Å². The van der Waals surface area contributed by atoms with Crippen LogP contribution in [0.15, 0.2) is 18.2 Å². The van der Waals surface area contributed by atoms with Crippen LogP contribution in [0.5, 0.6) is 5.88 Å². The van der Waals surface area contributed by atoms with E-state index < -0.39 is 0 Å². The average molecular weight is 274 g/mol. The number of ether oxygens (including phenoxy) is 1. The second-order valence-corrected chi connectivity index (χ2v) is 5.71. The fourth-order valence-corrected chi connectivity index (χ4v) is 2.90. The minimum absolute atomic E-state index is 0.467. The third-order valence-corrected chi connectivity index (χ3v) is 4.18. The zero-order valence-electron chi connectivity index (χ0n) is 12.4. The molecule has 5 heteroatoms. The van der Waals surface area contributed by atoms with Gasteiger partial charge in [0.15, 0.2) is 11.5 Å². The molecule has 0 aliphatic carbocycles. The predicted octanol–water partition coefficient (Wildman–Crippen LogP) is 2.33. The highest BCUT2D eigenvalue weighted by atomic mass is 16.5. The molecule has 1 aliphatic rings. The van der Waals surface area contributed by atoms with Crippen LogP contribution < -0.4 is 4.74 Å². The number of nitrogens with zero attached hydrogens (tertiary/aromatic N) is 4. The summed E-state index contributed by atoms with van der Waals surface area (Å²) in [5, 5.41) is 4.64. The smallest absolute Gasteiger partial charge is 0.216 e. The normalized spacial score (nSPS) is 18.0. The van der Waals surface area contributed by atoms with E-state index in [1.165, 1.54) is 0 Å². The van der Waals surface area contributed by atoms with Crippen molar-refractivity contribution in [1.82, 2.24) is 19.5 Å². The third kappa shape index (κ3) is 2.38. The van der Waals surface area contributed by atoms with E-state index in [1.807, 2.05) is 18.2 Å². The lowest BCUT2D eigenvalue weighted by atomic mass is 9.95. The summed E-state index contributed by atoms with van der Waals surface area (Å²) in [6, 6.07) is 6.47. The zero-order chi connectivity index (χ0) is 14.1. The van der Waals surface area contributed by atoms with Crippen LogP contribution in [0, 0.1) is 0 Å². The van der Waals surface area contributed by atoms with Crippen LogP contribution in [-0.4, -0.2) is 45.7 Å². The van der Waals surface area contributed by atoms with Crippen molar-refractivity contribution in [2.45, 2.75) is 38.6 Å². The van der Waals surface area contributed by atoms with Crippen molar-refractivity contribution in [2.24, 2.45) is 0 Å². The maximum atomic E-state index is 5.33. The van der Waals surface area contributed by atoms with Gasteiger partial charge < -0.3 is 9.64 Å². The van der Waals surface area contributed by atoms with Gasteiger partial charge in [0.25, 0.3) is 0 Å². The highest BCUT2D eigenvalue weighted by Crippen LogP contribution is 2.27. The second kappa shape index (κ2) is 5.40. The molecule has 20 heavy (non-hydrogen) atoms. The van der Waals surface area contributed by atoms with Gasteiger partial charge in [0, 0.05) is 18.0 Å². The van der Waals surface area contributed by atoms with Crippen molar-refractivity contribution in [1.29, 1.82) is 0 Å². The molecular weight excluding hydrogens is 252 g/mol. The molecule has 0 amide bonds. The summed E-state index contributed by atoms with van der Waals surface area (Å²) in [5.74, 6) is 2.16. The minimum atomic E-state index is 0.467. The van der Waals surface area contributed by atoms with Crippen LogP contribution in [0.3, 0.4) is 0 Å². The quantitative estimate of drug-likeness (QED) is 0.861. The van der Waals surface area contributed by atoms with Gasteiger partial charge in [0.05, 0.1) is 7.11 Å². The SMILES string of the molecule is COc1cccc2nc(C3CCN(C(C)C)CC3)nn12. The van der Waals surface area contributed by atoms with Crippen molar-refractivity contribution >= 4 is 5.65 Å². The van der Waals surface area contributed by atoms with Crippen molar-refractivity contribution in [2.75, 3.05) is 20.2 Å². The Morgan fingerprint density at radius 3 is 2.65 bits per heavy atom. The van der Waals surface area contributed by atoms with Crippen LogP contribution in [0.4, 0.5) is 0 Å². The lowest BCUT2D eigenvalue weighted by Crippen LogP contribution is -2.38. The van der Waals surface area contributed by atoms with Gasteiger partial charge in [0.1, 0.15) is 0 Å². The van der Waals surface area contributed by atoms with E-state index in [-0.39, 0.29) is 0 Å². The van der Waals surface area contributed by atoms with E-state index in [1.54, 1.807) is 11.6 Å². The molecule has 0 atom stereocenters. The second-order valence-electron chi connectivity index (χ2n) is 5.71. The number of methoxy groups -OCH3 is 1. The molecule has 1 saturated heterocycles. The summed E-state index contributed by atoms with van der Waals surface area (Å²) in [4.78, 5) is 7.19. The number of likely N-dealkylation sites (tertiary alicyclic amines) is 1. The fraction of sp³-hybridized carbons (Fsp3) is 0.600. The first-order valence-electron chi connectivity index (χ1n) is 7.32. The molecule has 0 spiro atoms. The molecule has 2 aromatic heterocycles. The van der Waals surface area contributed by atoms with E-state index in [2.05, 4.69) is 28.8 Å². The van der Waals surface area contributed by atoms with Gasteiger partial charge in [-0.25, -0.2) is 4.98 Å². The highest BCUT2D eigenvalue weighted by molar-refractivity contribution is 5.41. The Labute approximate surface area is 119 Å². The minimum Gasteiger partial charge on any atom is -0.481 e. The van der Waals surface area contributed by atoms with Gasteiger partial charge in [-0.2, -0.15) is 4.52 Å². The Kier molecular flexibility index (Phi) is 3.61. The average Bonchev–Trinajstić information content (AvgIpc) is 2.91. The largest absolute Gasteiger partial charge is 0.481 e. The Morgan fingerprint density at radius 2 is 2.00 bits per heavy atom. The van der Waals surface area contributed by atoms with Crippen molar-refractivity contribution in [3.8, 4) is 5.88 Å². The monoisotopic (exact) mass is 274 g/mol. The van der Waals surface area contributed by atoms with Gasteiger partial charge in [-0.15, -0.1) is 5.10 Å². The predicted molar refractivity (Wildman–Crippen MR) is 78.2 cm³/mol. The molecule has 5 nitrogen and oxygen atoms in total. The molecule has 1 aliphatic heterocycles. The van der Waals surface area contributed by atoms with Crippen LogP contribution in [0.2, 0.25) is 0 Å². The topological polar surface area (TPSA) is 42.7 Å². The Hall–Kier alpha value is -1.62. The van der Waals surface area contributed by atoms with E-state index >= 15 is 0 Å². The Morgan fingerprint density at radius 1 is 1.25 bits per heavy atom. The lowest BCUT2D eigenvalue weighted by molar-refractivity contribution is 0.169. The standard InChI is InChI=1S/C15H22N4O/c1-11(2)18-9-7-12(8-10-18)15-16-13-5-4-6-14(20-3)19(13)17-15/h4-6,11-12H,7-10H2,1-3H3. The first kappa shape index (κ1) is 13.4. The van der Waals surface area contributed by atoms with Crippen LogP contribution in [0.25, 0.3) is 5.65 Å². The van der Waals surface area contributed by atoms with E-state index in [0.29, 0.717) is 12.0 Å². The van der Waals surface area contributed by atoms with Crippen molar-refractivity contribution in [3.05, 3.63) is 24.0 Å². The summed E-state index contributed by atoms with van der Waals surface area (Å²) in [5.41, 5.74) is 0.866. The summed E-state index contributed by atoms with van der Waals surface area (Å²) in [7, 11) is 1.66. The molecule has 0 aromatic carbocycles. The Balaban J connectivity index is 1.81. The van der Waals surface area contributed by atoms with Crippen LogP contribution in [-0.2, 0) is 0 Å². The number of piperidine rings is 1. The number of rotatable bonds is 3. The maximum absolute atomic E-state index is 5.33. The van der Waals surface area contributed by atoms with Gasteiger partial charge in [-0.05, 0) is 45.8 Å². The zero-order valence-corrected chi connectivity index (χ0v) is 12.4. The van der Waals surface area contributed by atoms with Crippen LogP contribution in [0.1, 0.15) is 38.4 Å². The summed E-state index contributed by atoms with van der Waals surface area (Å²) < 4.78 is 7.12. The molecule has 0 unspecified atom stereocenters.